The molecular formula is C13H16N4. The van der Waals surface area contributed by atoms with Gasteiger partial charge in [-0.15, -0.1) is 10.2 Å². The van der Waals surface area contributed by atoms with E-state index in [1.54, 1.807) is 6.33 Å². The van der Waals surface area contributed by atoms with Crippen molar-refractivity contribution in [3.63, 3.8) is 0 Å². The molecule has 1 aliphatic rings. The Morgan fingerprint density at radius 2 is 2.00 bits per heavy atom. The van der Waals surface area contributed by atoms with Crippen molar-refractivity contribution >= 4 is 0 Å². The van der Waals surface area contributed by atoms with Crippen LogP contribution in [0.5, 0.6) is 0 Å². The fourth-order valence-corrected chi connectivity index (χ4v) is 2.56. The van der Waals surface area contributed by atoms with Crippen LogP contribution in [0.25, 0.3) is 5.69 Å². The molecule has 2 atom stereocenters. The molecule has 1 aromatic carbocycles. The maximum absolute atomic E-state index is 5.96. The fourth-order valence-electron chi connectivity index (χ4n) is 2.56. The number of para-hydroxylation sites is 1. The topological polar surface area (TPSA) is 56.7 Å². The summed E-state index contributed by atoms with van der Waals surface area (Å²) >= 11 is 0. The van der Waals surface area contributed by atoms with E-state index in [0.717, 1.165) is 30.8 Å². The Bertz CT molecular complexity index is 491. The molecule has 0 spiro atoms. The summed E-state index contributed by atoms with van der Waals surface area (Å²) in [6, 6.07) is 10.5. The van der Waals surface area contributed by atoms with Crippen molar-refractivity contribution in [2.45, 2.75) is 31.2 Å². The summed E-state index contributed by atoms with van der Waals surface area (Å²) in [6.45, 7) is 0. The predicted molar refractivity (Wildman–Crippen MR) is 65.9 cm³/mol. The molecule has 1 saturated carbocycles. The van der Waals surface area contributed by atoms with Gasteiger partial charge in [0.1, 0.15) is 12.2 Å². The Morgan fingerprint density at radius 3 is 2.71 bits per heavy atom. The van der Waals surface area contributed by atoms with E-state index in [0.29, 0.717) is 12.0 Å². The number of rotatable bonds is 2. The van der Waals surface area contributed by atoms with Gasteiger partial charge in [0, 0.05) is 17.6 Å². The van der Waals surface area contributed by atoms with Crippen molar-refractivity contribution in [1.82, 2.24) is 14.8 Å². The van der Waals surface area contributed by atoms with Gasteiger partial charge in [0.25, 0.3) is 0 Å². The van der Waals surface area contributed by atoms with Crippen LogP contribution in [0, 0.1) is 0 Å². The fraction of sp³-hybridized carbons (Fsp3) is 0.385. The highest BCUT2D eigenvalue weighted by Crippen LogP contribution is 2.33. The quantitative estimate of drug-likeness (QED) is 0.853. The van der Waals surface area contributed by atoms with Gasteiger partial charge in [-0.1, -0.05) is 18.2 Å². The molecule has 0 unspecified atom stereocenters. The molecule has 4 heteroatoms. The first kappa shape index (κ1) is 10.5. The van der Waals surface area contributed by atoms with Crippen LogP contribution in [0.2, 0.25) is 0 Å². The van der Waals surface area contributed by atoms with E-state index in [1.807, 2.05) is 18.2 Å². The van der Waals surface area contributed by atoms with Crippen LogP contribution in [0.3, 0.4) is 0 Å². The molecule has 1 heterocycles. The maximum Gasteiger partial charge on any atom is 0.140 e. The molecule has 0 amide bonds. The van der Waals surface area contributed by atoms with Crippen LogP contribution in [0.15, 0.2) is 36.7 Å². The van der Waals surface area contributed by atoms with E-state index in [4.69, 9.17) is 5.73 Å². The lowest BCUT2D eigenvalue weighted by Crippen LogP contribution is -2.15. The van der Waals surface area contributed by atoms with Crippen molar-refractivity contribution in [2.24, 2.45) is 5.73 Å². The first-order valence-electron chi connectivity index (χ1n) is 6.05. The van der Waals surface area contributed by atoms with Gasteiger partial charge in [-0.2, -0.15) is 0 Å². The van der Waals surface area contributed by atoms with Gasteiger partial charge < -0.3 is 5.73 Å². The summed E-state index contributed by atoms with van der Waals surface area (Å²) in [4.78, 5) is 0. The lowest BCUT2D eigenvalue weighted by atomic mass is 10.1. The van der Waals surface area contributed by atoms with Crippen molar-refractivity contribution < 1.29 is 0 Å². The molecule has 0 radical (unpaired) electrons. The van der Waals surface area contributed by atoms with E-state index in [2.05, 4.69) is 26.9 Å². The average Bonchev–Trinajstić information content (AvgIpc) is 2.98. The zero-order valence-corrected chi connectivity index (χ0v) is 9.66. The van der Waals surface area contributed by atoms with Crippen LogP contribution >= 0.6 is 0 Å². The van der Waals surface area contributed by atoms with Gasteiger partial charge in [-0.05, 0) is 31.4 Å². The number of benzene rings is 1. The summed E-state index contributed by atoms with van der Waals surface area (Å²) in [5.41, 5.74) is 7.08. The van der Waals surface area contributed by atoms with Crippen LogP contribution in [-0.2, 0) is 0 Å². The Balaban J connectivity index is 1.95. The van der Waals surface area contributed by atoms with E-state index < -0.39 is 0 Å². The summed E-state index contributed by atoms with van der Waals surface area (Å²) in [6.07, 6.45) is 5.01. The second kappa shape index (κ2) is 4.30. The molecule has 1 aromatic heterocycles. The maximum atomic E-state index is 5.96. The van der Waals surface area contributed by atoms with Gasteiger partial charge >= 0.3 is 0 Å². The van der Waals surface area contributed by atoms with Gasteiger partial charge in [0.05, 0.1) is 0 Å². The van der Waals surface area contributed by atoms with Crippen LogP contribution in [-0.4, -0.2) is 20.8 Å². The molecule has 0 aliphatic heterocycles. The first-order chi connectivity index (χ1) is 8.34. The van der Waals surface area contributed by atoms with Crippen molar-refractivity contribution in [2.75, 3.05) is 0 Å². The highest BCUT2D eigenvalue weighted by Gasteiger charge is 2.27. The van der Waals surface area contributed by atoms with Gasteiger partial charge in [0.15, 0.2) is 0 Å². The molecule has 17 heavy (non-hydrogen) atoms. The Morgan fingerprint density at radius 1 is 1.18 bits per heavy atom. The third kappa shape index (κ3) is 1.96. The molecule has 1 aliphatic carbocycles. The van der Waals surface area contributed by atoms with Gasteiger partial charge in [-0.3, -0.25) is 4.57 Å². The van der Waals surface area contributed by atoms with Crippen molar-refractivity contribution in [3.8, 4) is 5.69 Å². The first-order valence-corrected chi connectivity index (χ1v) is 6.05. The minimum absolute atomic E-state index is 0.320. The van der Waals surface area contributed by atoms with Crippen LogP contribution in [0.1, 0.15) is 31.0 Å². The number of hydrogen-bond donors (Lipinski definition) is 1. The zero-order valence-electron chi connectivity index (χ0n) is 9.66. The third-order valence-electron chi connectivity index (χ3n) is 3.45. The number of nitrogens with zero attached hydrogens (tertiary/aromatic N) is 3. The van der Waals surface area contributed by atoms with Gasteiger partial charge in [-0.25, -0.2) is 0 Å². The minimum atomic E-state index is 0.320. The summed E-state index contributed by atoms with van der Waals surface area (Å²) in [5, 5.41) is 8.31. The molecule has 88 valence electrons. The highest BCUT2D eigenvalue weighted by molar-refractivity contribution is 5.32. The SMILES string of the molecule is N[C@H]1CC[C@@H](c2nncn2-c2ccccc2)C1. The smallest absolute Gasteiger partial charge is 0.140 e. The lowest BCUT2D eigenvalue weighted by molar-refractivity contribution is 0.630. The Hall–Kier alpha value is -1.68. The van der Waals surface area contributed by atoms with E-state index >= 15 is 0 Å². The zero-order chi connectivity index (χ0) is 11.7. The standard InChI is InChI=1S/C13H16N4/c14-11-7-6-10(8-11)13-16-15-9-17(13)12-4-2-1-3-5-12/h1-5,9-11H,6-8,14H2/t10-,11+/m1/s1. The molecule has 4 nitrogen and oxygen atoms in total. The Labute approximate surface area is 100 Å². The van der Waals surface area contributed by atoms with E-state index in [1.165, 1.54) is 0 Å². The number of nitrogens with two attached hydrogens (primary N) is 1. The summed E-state index contributed by atoms with van der Waals surface area (Å²) in [7, 11) is 0. The lowest BCUT2D eigenvalue weighted by Gasteiger charge is -2.11. The highest BCUT2D eigenvalue weighted by atomic mass is 15.3. The van der Waals surface area contributed by atoms with Crippen molar-refractivity contribution in [1.29, 1.82) is 0 Å². The third-order valence-corrected chi connectivity index (χ3v) is 3.45. The predicted octanol–water partition coefficient (Wildman–Crippen LogP) is 1.86. The monoisotopic (exact) mass is 228 g/mol. The normalized spacial score (nSPS) is 24.1. The van der Waals surface area contributed by atoms with Crippen LogP contribution in [0.4, 0.5) is 0 Å². The van der Waals surface area contributed by atoms with E-state index in [9.17, 15) is 0 Å². The molecule has 2 N–H and O–H groups in total. The van der Waals surface area contributed by atoms with Crippen molar-refractivity contribution in [3.05, 3.63) is 42.5 Å². The Kier molecular flexibility index (Phi) is 2.65. The average molecular weight is 228 g/mol. The molecular weight excluding hydrogens is 212 g/mol. The molecule has 1 fully saturated rings. The number of hydrogen-bond acceptors (Lipinski definition) is 3. The molecule has 3 rings (SSSR count). The largest absolute Gasteiger partial charge is 0.328 e. The second-order valence-electron chi connectivity index (χ2n) is 4.66. The number of aromatic nitrogens is 3. The van der Waals surface area contributed by atoms with Gasteiger partial charge in [0.2, 0.25) is 0 Å². The molecule has 0 saturated heterocycles. The summed E-state index contributed by atoms with van der Waals surface area (Å²) < 4.78 is 2.07. The van der Waals surface area contributed by atoms with E-state index in [-0.39, 0.29) is 0 Å². The minimum Gasteiger partial charge on any atom is -0.328 e. The second-order valence-corrected chi connectivity index (χ2v) is 4.66. The molecule has 2 aromatic rings. The van der Waals surface area contributed by atoms with Crippen LogP contribution < -0.4 is 5.73 Å². The molecule has 0 bridgehead atoms. The summed E-state index contributed by atoms with van der Waals surface area (Å²) in [5.74, 6) is 1.50.